The summed E-state index contributed by atoms with van der Waals surface area (Å²) >= 11 is 0. The molecule has 132 valence electrons. The fourth-order valence-corrected chi connectivity index (χ4v) is 2.36. The van der Waals surface area contributed by atoms with Crippen LogP contribution in [0.5, 0.6) is 11.5 Å². The monoisotopic (exact) mass is 354 g/mol. The smallest absolute Gasteiger partial charge is 0.347 e. The van der Waals surface area contributed by atoms with Crippen molar-refractivity contribution >= 4 is 28.7 Å². The van der Waals surface area contributed by atoms with Crippen LogP contribution in [0.2, 0.25) is 0 Å². The lowest BCUT2D eigenvalue weighted by atomic mass is 10.2. The maximum absolute atomic E-state index is 12.2. The van der Waals surface area contributed by atoms with Gasteiger partial charge in [0.15, 0.2) is 11.5 Å². The molecule has 0 aliphatic carbocycles. The Kier molecular flexibility index (Phi) is 4.66. The molecular formula is C18H14N2O6. The second-order valence-corrected chi connectivity index (χ2v) is 5.25. The Morgan fingerprint density at radius 3 is 2.35 bits per heavy atom. The number of fused-ring (bicyclic) bond motifs is 1. The normalized spacial score (nSPS) is 11.0. The fourth-order valence-electron chi connectivity index (χ4n) is 2.36. The highest BCUT2D eigenvalue weighted by molar-refractivity contribution is 5.82. The first-order valence-electron chi connectivity index (χ1n) is 7.51. The predicted octanol–water partition coefficient (Wildman–Crippen LogP) is 3.28. The summed E-state index contributed by atoms with van der Waals surface area (Å²) in [6, 6.07) is 9.05. The van der Waals surface area contributed by atoms with Gasteiger partial charge in [-0.1, -0.05) is 0 Å². The molecule has 0 radical (unpaired) electrons. The highest BCUT2D eigenvalue weighted by atomic mass is 16.6. The standard InChI is InChI=1S/C18H14N2O6/c1-24-15-9-13-14(10-16(15)25-2)19-17(26-18(13)21)8-5-11-3-6-12(7-4-11)20(22)23/h3-10H,1-2H3/b8-5+. The number of hydrogen-bond donors (Lipinski definition) is 0. The molecule has 0 amide bonds. The topological polar surface area (TPSA) is 105 Å². The quantitative estimate of drug-likeness (QED) is 0.511. The van der Waals surface area contributed by atoms with E-state index in [2.05, 4.69) is 4.98 Å². The molecule has 8 nitrogen and oxygen atoms in total. The molecule has 0 saturated carbocycles. The molecule has 3 rings (SSSR count). The molecule has 0 saturated heterocycles. The SMILES string of the molecule is COc1cc2nc(/C=C/c3ccc([N+](=O)[O-])cc3)oc(=O)c2cc1OC. The molecule has 0 N–H and O–H groups in total. The fraction of sp³-hybridized carbons (Fsp3) is 0.111. The van der Waals surface area contributed by atoms with Crippen LogP contribution in [0.4, 0.5) is 5.69 Å². The lowest BCUT2D eigenvalue weighted by molar-refractivity contribution is -0.384. The van der Waals surface area contributed by atoms with Gasteiger partial charge in [0.25, 0.3) is 5.69 Å². The van der Waals surface area contributed by atoms with Crippen molar-refractivity contribution in [2.24, 2.45) is 0 Å². The number of aromatic nitrogens is 1. The van der Waals surface area contributed by atoms with Gasteiger partial charge in [0.2, 0.25) is 5.89 Å². The van der Waals surface area contributed by atoms with Gasteiger partial charge in [-0.15, -0.1) is 0 Å². The number of hydrogen-bond acceptors (Lipinski definition) is 7. The number of nitro groups is 1. The first-order valence-corrected chi connectivity index (χ1v) is 7.51. The lowest BCUT2D eigenvalue weighted by Crippen LogP contribution is -2.04. The molecule has 0 spiro atoms. The number of benzene rings is 2. The zero-order valence-corrected chi connectivity index (χ0v) is 14.0. The zero-order chi connectivity index (χ0) is 18.7. The van der Waals surface area contributed by atoms with Crippen LogP contribution in [0.3, 0.4) is 0 Å². The summed E-state index contributed by atoms with van der Waals surface area (Å²) in [4.78, 5) is 26.7. The van der Waals surface area contributed by atoms with Gasteiger partial charge in [0.05, 0.1) is 30.0 Å². The largest absolute Gasteiger partial charge is 0.493 e. The van der Waals surface area contributed by atoms with Crippen LogP contribution in [0.25, 0.3) is 23.1 Å². The van der Waals surface area contributed by atoms with E-state index >= 15 is 0 Å². The molecule has 0 atom stereocenters. The van der Waals surface area contributed by atoms with E-state index in [1.807, 2.05) is 0 Å². The van der Waals surface area contributed by atoms with Gasteiger partial charge >= 0.3 is 5.63 Å². The first-order chi connectivity index (χ1) is 12.5. The summed E-state index contributed by atoms with van der Waals surface area (Å²) in [5.41, 5.74) is 0.549. The van der Waals surface area contributed by atoms with Gasteiger partial charge in [0.1, 0.15) is 0 Å². The summed E-state index contributed by atoms with van der Waals surface area (Å²) in [6.45, 7) is 0. The van der Waals surface area contributed by atoms with Crippen LogP contribution in [0, 0.1) is 10.1 Å². The van der Waals surface area contributed by atoms with E-state index in [9.17, 15) is 14.9 Å². The van der Waals surface area contributed by atoms with Crippen LogP contribution in [0.15, 0.2) is 45.6 Å². The van der Waals surface area contributed by atoms with Crippen molar-refractivity contribution < 1.29 is 18.8 Å². The molecule has 0 fully saturated rings. The molecule has 1 aromatic heterocycles. The number of rotatable bonds is 5. The maximum Gasteiger partial charge on any atom is 0.347 e. The minimum atomic E-state index is -0.556. The van der Waals surface area contributed by atoms with Crippen molar-refractivity contribution in [1.29, 1.82) is 0 Å². The van der Waals surface area contributed by atoms with Gasteiger partial charge in [-0.2, -0.15) is 0 Å². The Hall–Kier alpha value is -3.68. The maximum atomic E-state index is 12.2. The van der Waals surface area contributed by atoms with Crippen LogP contribution in [-0.4, -0.2) is 24.1 Å². The molecule has 26 heavy (non-hydrogen) atoms. The van der Waals surface area contributed by atoms with Crippen molar-refractivity contribution in [3.8, 4) is 11.5 Å². The van der Waals surface area contributed by atoms with Crippen LogP contribution in [0.1, 0.15) is 11.5 Å². The Morgan fingerprint density at radius 1 is 1.08 bits per heavy atom. The number of ether oxygens (including phenoxy) is 2. The zero-order valence-electron chi connectivity index (χ0n) is 14.0. The summed E-state index contributed by atoms with van der Waals surface area (Å²) in [7, 11) is 2.96. The van der Waals surface area contributed by atoms with Gasteiger partial charge < -0.3 is 13.9 Å². The molecule has 0 aliphatic heterocycles. The van der Waals surface area contributed by atoms with E-state index in [-0.39, 0.29) is 17.0 Å². The Morgan fingerprint density at radius 2 is 1.73 bits per heavy atom. The minimum Gasteiger partial charge on any atom is -0.493 e. The van der Waals surface area contributed by atoms with Gasteiger partial charge in [-0.05, 0) is 23.8 Å². The molecule has 1 heterocycles. The highest BCUT2D eigenvalue weighted by Crippen LogP contribution is 2.30. The second-order valence-electron chi connectivity index (χ2n) is 5.25. The summed E-state index contributed by atoms with van der Waals surface area (Å²) in [5, 5.41) is 10.9. The third-order valence-corrected chi connectivity index (χ3v) is 3.67. The van der Waals surface area contributed by atoms with E-state index in [1.165, 1.54) is 38.5 Å². The van der Waals surface area contributed by atoms with Crippen molar-refractivity contribution in [1.82, 2.24) is 4.98 Å². The van der Waals surface area contributed by atoms with E-state index in [0.29, 0.717) is 22.6 Å². The third-order valence-electron chi connectivity index (χ3n) is 3.67. The van der Waals surface area contributed by atoms with Crippen molar-refractivity contribution in [2.75, 3.05) is 14.2 Å². The number of methoxy groups -OCH3 is 2. The number of non-ortho nitro benzene ring substituents is 1. The Labute approximate surface area is 147 Å². The average molecular weight is 354 g/mol. The van der Waals surface area contributed by atoms with Crippen LogP contribution < -0.4 is 15.1 Å². The first kappa shape index (κ1) is 17.2. The van der Waals surface area contributed by atoms with Gasteiger partial charge in [-0.25, -0.2) is 9.78 Å². The van der Waals surface area contributed by atoms with Crippen molar-refractivity contribution in [3.63, 3.8) is 0 Å². The average Bonchev–Trinajstić information content (AvgIpc) is 2.65. The third kappa shape index (κ3) is 3.39. The molecule has 0 aliphatic rings. The molecule has 0 unspecified atom stereocenters. The Balaban J connectivity index is 1.97. The van der Waals surface area contributed by atoms with E-state index in [4.69, 9.17) is 13.9 Å². The van der Waals surface area contributed by atoms with E-state index in [1.54, 1.807) is 24.3 Å². The highest BCUT2D eigenvalue weighted by Gasteiger charge is 2.11. The molecule has 2 aromatic carbocycles. The Bertz CT molecular complexity index is 1050. The summed E-state index contributed by atoms with van der Waals surface area (Å²) < 4.78 is 15.6. The van der Waals surface area contributed by atoms with Crippen LogP contribution in [-0.2, 0) is 0 Å². The van der Waals surface area contributed by atoms with Gasteiger partial charge in [0, 0.05) is 30.3 Å². The summed E-state index contributed by atoms with van der Waals surface area (Å²) in [5.74, 6) is 0.958. The van der Waals surface area contributed by atoms with Crippen molar-refractivity contribution in [3.05, 3.63) is 68.4 Å². The number of nitrogens with zero attached hydrogens (tertiary/aromatic N) is 2. The number of nitro benzene ring substituents is 1. The van der Waals surface area contributed by atoms with Crippen LogP contribution >= 0.6 is 0 Å². The predicted molar refractivity (Wildman–Crippen MR) is 95.4 cm³/mol. The lowest BCUT2D eigenvalue weighted by Gasteiger charge is -2.08. The second kappa shape index (κ2) is 7.06. The molecule has 3 aromatic rings. The molecule has 0 bridgehead atoms. The summed E-state index contributed by atoms with van der Waals surface area (Å²) in [6.07, 6.45) is 3.15. The molecular weight excluding hydrogens is 340 g/mol. The minimum absolute atomic E-state index is 0.00134. The van der Waals surface area contributed by atoms with E-state index < -0.39 is 10.5 Å². The molecule has 8 heteroatoms. The van der Waals surface area contributed by atoms with Crippen molar-refractivity contribution in [2.45, 2.75) is 0 Å². The van der Waals surface area contributed by atoms with E-state index in [0.717, 1.165) is 0 Å². The van der Waals surface area contributed by atoms with Gasteiger partial charge in [-0.3, -0.25) is 10.1 Å².